The van der Waals surface area contributed by atoms with Crippen LogP contribution in [0.3, 0.4) is 0 Å². The van der Waals surface area contributed by atoms with Gasteiger partial charge in [-0.25, -0.2) is 0 Å². The van der Waals surface area contributed by atoms with Crippen molar-refractivity contribution >= 4 is 5.78 Å². The molecular weight excluding hydrogens is 315 g/mol. The van der Waals surface area contributed by atoms with Crippen molar-refractivity contribution in [2.75, 3.05) is 0 Å². The first-order valence-electron chi connectivity index (χ1n) is 7.75. The van der Waals surface area contributed by atoms with Crippen LogP contribution in [0.1, 0.15) is 61.0 Å². The molecule has 0 saturated carbocycles. The van der Waals surface area contributed by atoms with Crippen LogP contribution >= 0.6 is 0 Å². The fourth-order valence-electron chi connectivity index (χ4n) is 2.25. The van der Waals surface area contributed by atoms with Gasteiger partial charge in [0, 0.05) is 5.56 Å². The Morgan fingerprint density at radius 2 is 1.30 bits per heavy atom. The van der Waals surface area contributed by atoms with Crippen molar-refractivity contribution in [3.63, 3.8) is 0 Å². The number of rotatable bonds is 8. The molecule has 0 fully saturated rings. The molecule has 0 heterocycles. The summed E-state index contributed by atoms with van der Waals surface area (Å²) in [4.78, 5) is 11.7. The molecule has 0 aliphatic heterocycles. The number of hydrogen-bond acceptors (Lipinski definition) is 1. The number of carbonyl (C=O) groups is 1. The van der Waals surface area contributed by atoms with Gasteiger partial charge in [0.2, 0.25) is 5.78 Å². The molecule has 23 heavy (non-hydrogen) atoms. The van der Waals surface area contributed by atoms with E-state index in [4.69, 9.17) is 0 Å². The van der Waals surface area contributed by atoms with Gasteiger partial charge in [-0.2, -0.15) is 22.0 Å². The minimum absolute atomic E-state index is 0.550. The molecule has 1 nitrogen and oxygen atoms in total. The van der Waals surface area contributed by atoms with Crippen molar-refractivity contribution in [3.05, 3.63) is 34.9 Å². The average Bonchev–Trinajstić information content (AvgIpc) is 2.48. The molecule has 1 aromatic rings. The van der Waals surface area contributed by atoms with Crippen molar-refractivity contribution in [3.8, 4) is 0 Å². The number of Topliss-reactive ketones (excluding diaryl/α,β-unsaturated/α-hetero) is 1. The second-order valence-electron chi connectivity index (χ2n) is 5.65. The Balaban J connectivity index is 3.19. The molecule has 130 valence electrons. The Bertz CT molecular complexity index is 508. The number of aryl methyl sites for hydroxylation is 2. The lowest BCUT2D eigenvalue weighted by molar-refractivity contribution is -0.255. The highest BCUT2D eigenvalue weighted by Crippen LogP contribution is 2.38. The third-order valence-electron chi connectivity index (χ3n) is 3.59. The topological polar surface area (TPSA) is 17.1 Å². The molecule has 0 spiro atoms. The van der Waals surface area contributed by atoms with E-state index in [2.05, 4.69) is 0 Å². The van der Waals surface area contributed by atoms with Gasteiger partial charge < -0.3 is 0 Å². The number of ketones is 1. The number of benzene rings is 1. The maximum atomic E-state index is 13.3. The summed E-state index contributed by atoms with van der Waals surface area (Å²) >= 11 is 0. The van der Waals surface area contributed by atoms with E-state index in [1.54, 1.807) is 6.07 Å². The number of unbranched alkanes of at least 4 members (excludes halogenated alkanes) is 2. The van der Waals surface area contributed by atoms with Crippen molar-refractivity contribution in [2.45, 2.75) is 64.5 Å². The van der Waals surface area contributed by atoms with Gasteiger partial charge in [-0.1, -0.05) is 32.8 Å². The summed E-state index contributed by atoms with van der Waals surface area (Å²) in [5.74, 6) is -7.54. The van der Waals surface area contributed by atoms with Crippen LogP contribution in [0, 0.1) is 0 Å². The van der Waals surface area contributed by atoms with E-state index in [9.17, 15) is 26.7 Å². The Labute approximate surface area is 132 Å². The average molecular weight is 336 g/mol. The molecule has 1 rings (SSSR count). The fourth-order valence-corrected chi connectivity index (χ4v) is 2.25. The zero-order chi connectivity index (χ0) is 17.7. The van der Waals surface area contributed by atoms with Crippen LogP contribution in [0.5, 0.6) is 0 Å². The Kier molecular flexibility index (Phi) is 6.71. The minimum Gasteiger partial charge on any atom is -0.287 e. The number of halogens is 5. The van der Waals surface area contributed by atoms with Crippen LogP contribution < -0.4 is 0 Å². The molecule has 0 bridgehead atoms. The van der Waals surface area contributed by atoms with Gasteiger partial charge in [0.15, 0.2) is 0 Å². The van der Waals surface area contributed by atoms with E-state index >= 15 is 0 Å². The van der Waals surface area contributed by atoms with Crippen LogP contribution in [-0.2, 0) is 12.8 Å². The highest BCUT2D eigenvalue weighted by Gasteiger charge is 2.63. The van der Waals surface area contributed by atoms with Crippen LogP contribution in [0.2, 0.25) is 0 Å². The highest BCUT2D eigenvalue weighted by atomic mass is 19.4. The highest BCUT2D eigenvalue weighted by molar-refractivity contribution is 6.02. The second kappa shape index (κ2) is 7.88. The summed E-state index contributed by atoms with van der Waals surface area (Å²) in [6.45, 7) is 3.90. The number of alkyl halides is 5. The van der Waals surface area contributed by atoms with E-state index in [1.807, 2.05) is 13.8 Å². The quantitative estimate of drug-likeness (QED) is 0.436. The van der Waals surface area contributed by atoms with Crippen LogP contribution in [0.4, 0.5) is 22.0 Å². The Morgan fingerprint density at radius 3 is 1.65 bits per heavy atom. The molecule has 0 radical (unpaired) electrons. The molecular formula is C17H21F5O. The van der Waals surface area contributed by atoms with E-state index in [-0.39, 0.29) is 0 Å². The molecule has 0 atom stereocenters. The van der Waals surface area contributed by atoms with Crippen LogP contribution in [0.15, 0.2) is 18.2 Å². The molecule has 0 aliphatic carbocycles. The molecule has 1 aromatic carbocycles. The largest absolute Gasteiger partial charge is 0.461 e. The minimum atomic E-state index is -5.88. The molecule has 0 saturated heterocycles. The van der Waals surface area contributed by atoms with Gasteiger partial charge >= 0.3 is 12.1 Å². The van der Waals surface area contributed by atoms with Gasteiger partial charge in [-0.05, 0) is 48.9 Å². The summed E-state index contributed by atoms with van der Waals surface area (Å²) in [7, 11) is 0. The van der Waals surface area contributed by atoms with E-state index < -0.39 is 23.4 Å². The normalized spacial score (nSPS) is 12.5. The van der Waals surface area contributed by atoms with Gasteiger partial charge in [-0.15, -0.1) is 0 Å². The predicted molar refractivity (Wildman–Crippen MR) is 79.0 cm³/mol. The molecule has 0 aromatic heterocycles. The maximum absolute atomic E-state index is 13.3. The SMILES string of the molecule is CCCCc1cc(CCCC)cc(C(=O)C(F)(F)C(F)(F)F)c1. The third-order valence-corrected chi connectivity index (χ3v) is 3.59. The fraction of sp³-hybridized carbons (Fsp3) is 0.588. The van der Waals surface area contributed by atoms with Gasteiger partial charge in [0.05, 0.1) is 0 Å². The van der Waals surface area contributed by atoms with Crippen molar-refractivity contribution < 1.29 is 26.7 Å². The maximum Gasteiger partial charge on any atom is 0.461 e. The van der Waals surface area contributed by atoms with Crippen LogP contribution in [-0.4, -0.2) is 17.9 Å². The standard InChI is InChI=1S/C17H21F5O/c1-3-5-7-12-9-13(8-6-4-2)11-14(10-12)15(23)16(18,19)17(20,21)22/h9-11H,3-8H2,1-2H3. The lowest BCUT2D eigenvalue weighted by Crippen LogP contribution is -2.44. The van der Waals surface area contributed by atoms with E-state index in [0.717, 1.165) is 37.8 Å². The molecule has 0 unspecified atom stereocenters. The molecule has 0 N–H and O–H groups in total. The first-order valence-corrected chi connectivity index (χ1v) is 7.75. The second-order valence-corrected chi connectivity index (χ2v) is 5.65. The monoisotopic (exact) mass is 336 g/mol. The number of hydrogen-bond donors (Lipinski definition) is 0. The number of carbonyl (C=O) groups excluding carboxylic acids is 1. The van der Waals surface area contributed by atoms with E-state index in [0.29, 0.717) is 24.0 Å². The summed E-state index contributed by atoms with van der Waals surface area (Å²) in [5.41, 5.74) is 0.690. The van der Waals surface area contributed by atoms with E-state index in [1.165, 1.54) is 0 Å². The van der Waals surface area contributed by atoms with Crippen LogP contribution in [0.25, 0.3) is 0 Å². The van der Waals surface area contributed by atoms with Crippen molar-refractivity contribution in [2.24, 2.45) is 0 Å². The van der Waals surface area contributed by atoms with Gasteiger partial charge in [0.1, 0.15) is 0 Å². The predicted octanol–water partition coefficient (Wildman–Crippen LogP) is 5.75. The smallest absolute Gasteiger partial charge is 0.287 e. The summed E-state index contributed by atoms with van der Waals surface area (Å²) < 4.78 is 63.8. The van der Waals surface area contributed by atoms with Crippen molar-refractivity contribution in [1.82, 2.24) is 0 Å². The summed E-state index contributed by atoms with van der Waals surface area (Å²) in [6.07, 6.45) is -1.50. The van der Waals surface area contributed by atoms with Gasteiger partial charge in [-0.3, -0.25) is 4.79 Å². The summed E-state index contributed by atoms with van der Waals surface area (Å²) in [5, 5.41) is 0. The third kappa shape index (κ3) is 5.01. The summed E-state index contributed by atoms with van der Waals surface area (Å²) in [6, 6.07) is 4.11. The first kappa shape index (κ1) is 19.6. The first-order chi connectivity index (χ1) is 10.6. The lowest BCUT2D eigenvalue weighted by atomic mass is 9.95. The zero-order valence-electron chi connectivity index (χ0n) is 13.3. The van der Waals surface area contributed by atoms with Crippen molar-refractivity contribution in [1.29, 1.82) is 0 Å². The molecule has 0 amide bonds. The molecule has 6 heteroatoms. The van der Waals surface area contributed by atoms with Gasteiger partial charge in [0.25, 0.3) is 0 Å². The lowest BCUT2D eigenvalue weighted by Gasteiger charge is -2.19. The Morgan fingerprint density at radius 1 is 0.870 bits per heavy atom. The Hall–Kier alpha value is -1.46. The zero-order valence-corrected chi connectivity index (χ0v) is 13.3. The molecule has 0 aliphatic rings.